The van der Waals surface area contributed by atoms with E-state index in [-0.39, 0.29) is 0 Å². The van der Waals surface area contributed by atoms with Crippen LogP contribution in [0.2, 0.25) is 0 Å². The van der Waals surface area contributed by atoms with Crippen LogP contribution in [-0.2, 0) is 0 Å². The lowest BCUT2D eigenvalue weighted by Gasteiger charge is -2.06. The molecule has 1 unspecified atom stereocenters. The molecule has 1 aromatic carbocycles. The molecule has 0 saturated carbocycles. The fourth-order valence-electron chi connectivity index (χ4n) is 1.49. The van der Waals surface area contributed by atoms with Gasteiger partial charge >= 0.3 is 0 Å². The van der Waals surface area contributed by atoms with Gasteiger partial charge in [-0.25, -0.2) is 0 Å². The molecule has 0 aromatic heterocycles. The molecule has 1 heterocycles. The average molecular weight is 212 g/mol. The largest absolute Gasteiger partial charge is 0.340 e. The molecule has 1 aliphatic heterocycles. The van der Waals surface area contributed by atoms with Crippen LogP contribution >= 0.6 is 0 Å². The summed E-state index contributed by atoms with van der Waals surface area (Å²) in [6.07, 6.45) is 1.92. The van der Waals surface area contributed by atoms with Crippen molar-refractivity contribution >= 4 is 11.5 Å². The van der Waals surface area contributed by atoms with Crippen molar-refractivity contribution in [1.29, 1.82) is 0 Å². The minimum atomic E-state index is 0.478. The molecule has 0 aliphatic carbocycles. The van der Waals surface area contributed by atoms with Crippen LogP contribution in [0.3, 0.4) is 0 Å². The molecule has 0 bridgehead atoms. The van der Waals surface area contributed by atoms with Crippen molar-refractivity contribution in [1.82, 2.24) is 0 Å². The number of para-hydroxylation sites is 1. The van der Waals surface area contributed by atoms with Crippen LogP contribution in [0.15, 0.2) is 52.7 Å². The number of rotatable bonds is 1. The van der Waals surface area contributed by atoms with Gasteiger partial charge in [0.2, 0.25) is 0 Å². The fourth-order valence-corrected chi connectivity index (χ4v) is 1.49. The highest BCUT2D eigenvalue weighted by atomic mass is 15.0. The van der Waals surface area contributed by atoms with Gasteiger partial charge in [0.1, 0.15) is 5.84 Å². The first-order valence-electron chi connectivity index (χ1n) is 5.55. The third-order valence-electron chi connectivity index (χ3n) is 2.76. The zero-order valence-electron chi connectivity index (χ0n) is 9.70. The van der Waals surface area contributed by atoms with Gasteiger partial charge < -0.3 is 5.32 Å². The molecule has 2 rings (SSSR count). The number of amidine groups is 1. The summed E-state index contributed by atoms with van der Waals surface area (Å²) in [6.45, 7) is 5.10. The van der Waals surface area contributed by atoms with Gasteiger partial charge in [-0.15, -0.1) is 5.73 Å². The van der Waals surface area contributed by atoms with Crippen molar-refractivity contribution in [2.75, 3.05) is 11.9 Å². The number of benzene rings is 1. The zero-order chi connectivity index (χ0) is 11.4. The Morgan fingerprint density at radius 1 is 1.31 bits per heavy atom. The summed E-state index contributed by atoms with van der Waals surface area (Å²) >= 11 is 0. The SMILES string of the molecule is CC1=C=CC(Nc2ccccc2)=NCC1C. The Kier molecular flexibility index (Phi) is 3.23. The molecule has 0 fully saturated rings. The van der Waals surface area contributed by atoms with E-state index in [0.717, 1.165) is 18.1 Å². The number of anilines is 1. The Hall–Kier alpha value is -1.79. The van der Waals surface area contributed by atoms with Gasteiger partial charge in [-0.3, -0.25) is 4.99 Å². The second-order valence-corrected chi connectivity index (χ2v) is 4.09. The molecule has 1 N–H and O–H groups in total. The Morgan fingerprint density at radius 3 is 2.81 bits per heavy atom. The van der Waals surface area contributed by atoms with E-state index >= 15 is 0 Å². The quantitative estimate of drug-likeness (QED) is 0.710. The van der Waals surface area contributed by atoms with Gasteiger partial charge in [-0.2, -0.15) is 0 Å². The Labute approximate surface area is 96.4 Å². The van der Waals surface area contributed by atoms with Crippen molar-refractivity contribution in [3.8, 4) is 0 Å². The van der Waals surface area contributed by atoms with Gasteiger partial charge in [0.05, 0.1) is 0 Å². The average Bonchev–Trinajstić information content (AvgIpc) is 2.46. The molecule has 2 nitrogen and oxygen atoms in total. The van der Waals surface area contributed by atoms with E-state index in [4.69, 9.17) is 0 Å². The fraction of sp³-hybridized carbons (Fsp3) is 0.286. The lowest BCUT2D eigenvalue weighted by molar-refractivity contribution is 0.700. The second kappa shape index (κ2) is 4.82. The van der Waals surface area contributed by atoms with E-state index in [2.05, 4.69) is 29.9 Å². The van der Waals surface area contributed by atoms with Crippen molar-refractivity contribution in [3.63, 3.8) is 0 Å². The van der Waals surface area contributed by atoms with Gasteiger partial charge in [0.25, 0.3) is 0 Å². The van der Waals surface area contributed by atoms with Crippen LogP contribution in [0.1, 0.15) is 13.8 Å². The van der Waals surface area contributed by atoms with E-state index in [1.807, 2.05) is 36.4 Å². The molecule has 0 spiro atoms. The molecule has 1 aromatic rings. The minimum absolute atomic E-state index is 0.478. The third kappa shape index (κ3) is 2.62. The van der Waals surface area contributed by atoms with E-state index in [1.54, 1.807) is 0 Å². The lowest BCUT2D eigenvalue weighted by atomic mass is 10.1. The van der Waals surface area contributed by atoms with Crippen LogP contribution in [0.4, 0.5) is 5.69 Å². The van der Waals surface area contributed by atoms with Crippen molar-refractivity contribution in [2.24, 2.45) is 10.9 Å². The Morgan fingerprint density at radius 2 is 2.06 bits per heavy atom. The normalized spacial score (nSPS) is 19.8. The van der Waals surface area contributed by atoms with E-state index in [1.165, 1.54) is 5.57 Å². The lowest BCUT2D eigenvalue weighted by Crippen LogP contribution is -2.09. The van der Waals surface area contributed by atoms with Gasteiger partial charge in [-0.05, 0) is 24.6 Å². The van der Waals surface area contributed by atoms with Crippen LogP contribution < -0.4 is 5.32 Å². The predicted molar refractivity (Wildman–Crippen MR) is 68.8 cm³/mol. The topological polar surface area (TPSA) is 24.4 Å². The monoisotopic (exact) mass is 212 g/mol. The molecule has 82 valence electrons. The maximum Gasteiger partial charge on any atom is 0.133 e. The Bertz CT molecular complexity index is 451. The Balaban J connectivity index is 2.16. The molecular formula is C14H16N2. The third-order valence-corrected chi connectivity index (χ3v) is 2.76. The van der Waals surface area contributed by atoms with E-state index in [9.17, 15) is 0 Å². The minimum Gasteiger partial charge on any atom is -0.340 e. The molecule has 0 saturated heterocycles. The molecule has 16 heavy (non-hydrogen) atoms. The highest BCUT2D eigenvalue weighted by molar-refractivity contribution is 6.03. The maximum atomic E-state index is 4.52. The van der Waals surface area contributed by atoms with Crippen LogP contribution in [-0.4, -0.2) is 12.4 Å². The van der Waals surface area contributed by atoms with E-state index in [0.29, 0.717) is 5.92 Å². The first-order valence-corrected chi connectivity index (χ1v) is 5.55. The van der Waals surface area contributed by atoms with E-state index < -0.39 is 0 Å². The summed E-state index contributed by atoms with van der Waals surface area (Å²) < 4.78 is 0. The first-order chi connectivity index (χ1) is 7.75. The van der Waals surface area contributed by atoms with Crippen LogP contribution in [0, 0.1) is 5.92 Å². The maximum absolute atomic E-state index is 4.52. The van der Waals surface area contributed by atoms with Gasteiger partial charge in [-0.1, -0.05) is 25.1 Å². The number of nitrogens with one attached hydrogen (secondary N) is 1. The number of hydrogen-bond donors (Lipinski definition) is 1. The highest BCUT2D eigenvalue weighted by Crippen LogP contribution is 2.12. The summed E-state index contributed by atoms with van der Waals surface area (Å²) in [5.41, 5.74) is 5.58. The highest BCUT2D eigenvalue weighted by Gasteiger charge is 2.06. The van der Waals surface area contributed by atoms with Gasteiger partial charge in [0, 0.05) is 24.2 Å². The predicted octanol–water partition coefficient (Wildman–Crippen LogP) is 3.25. The van der Waals surface area contributed by atoms with Crippen LogP contribution in [0.5, 0.6) is 0 Å². The van der Waals surface area contributed by atoms with Crippen molar-refractivity contribution in [2.45, 2.75) is 13.8 Å². The smallest absolute Gasteiger partial charge is 0.133 e. The second-order valence-electron chi connectivity index (χ2n) is 4.09. The molecule has 0 amide bonds. The molecule has 0 radical (unpaired) electrons. The summed E-state index contributed by atoms with van der Waals surface area (Å²) in [7, 11) is 0. The number of aliphatic imine (C=N–C) groups is 1. The molecular weight excluding hydrogens is 196 g/mol. The number of nitrogens with zero attached hydrogens (tertiary/aromatic N) is 1. The van der Waals surface area contributed by atoms with Crippen molar-refractivity contribution < 1.29 is 0 Å². The van der Waals surface area contributed by atoms with Gasteiger partial charge in [0.15, 0.2) is 0 Å². The zero-order valence-corrected chi connectivity index (χ0v) is 9.70. The molecule has 2 heteroatoms. The summed E-state index contributed by atoms with van der Waals surface area (Å²) in [6, 6.07) is 10.1. The molecule has 1 atom stereocenters. The molecule has 1 aliphatic rings. The standard InChI is InChI=1S/C14H16N2/c1-11-8-9-14(15-10-12(11)2)16-13-6-4-3-5-7-13/h3-7,9,12H,10H2,1-2H3,(H,15,16). The first kappa shape index (κ1) is 10.7. The summed E-state index contributed by atoms with van der Waals surface area (Å²) in [4.78, 5) is 4.52. The summed E-state index contributed by atoms with van der Waals surface area (Å²) in [5, 5.41) is 3.28. The van der Waals surface area contributed by atoms with Crippen molar-refractivity contribution in [3.05, 3.63) is 47.7 Å². The summed E-state index contributed by atoms with van der Waals surface area (Å²) in [5.74, 6) is 1.36. The van der Waals surface area contributed by atoms with Crippen LogP contribution in [0.25, 0.3) is 0 Å². The number of hydrogen-bond acceptors (Lipinski definition) is 2.